The number of hydrogen-bond acceptors (Lipinski definition) is 3. The molecule has 0 saturated carbocycles. The lowest BCUT2D eigenvalue weighted by Gasteiger charge is -2.28. The highest BCUT2D eigenvalue weighted by Gasteiger charge is 2.15. The van der Waals surface area contributed by atoms with Crippen molar-refractivity contribution in [2.45, 2.75) is 32.1 Å². The summed E-state index contributed by atoms with van der Waals surface area (Å²) >= 11 is 0. The summed E-state index contributed by atoms with van der Waals surface area (Å²) < 4.78 is 0. The summed E-state index contributed by atoms with van der Waals surface area (Å²) in [4.78, 5) is 10.8. The average molecular weight is 219 g/mol. The zero-order valence-corrected chi connectivity index (χ0v) is 10.1. The fourth-order valence-corrected chi connectivity index (χ4v) is 2.38. The Morgan fingerprint density at radius 2 is 2.12 bits per heavy atom. The molecule has 0 bridgehead atoms. The van der Waals surface area contributed by atoms with Gasteiger partial charge in [-0.2, -0.15) is 0 Å². The van der Waals surface area contributed by atoms with E-state index in [1.54, 1.807) is 12.4 Å². The number of rotatable bonds is 4. The second-order valence-corrected chi connectivity index (χ2v) is 4.84. The summed E-state index contributed by atoms with van der Waals surface area (Å²) in [5.74, 6) is 0.938. The number of hydrogen-bond donors (Lipinski definition) is 0. The molecule has 1 fully saturated rings. The number of likely N-dealkylation sites (tertiary alicyclic amines) is 1. The van der Waals surface area contributed by atoms with Gasteiger partial charge in [-0.05, 0) is 58.2 Å². The van der Waals surface area contributed by atoms with Crippen molar-refractivity contribution in [3.63, 3.8) is 0 Å². The van der Waals surface area contributed by atoms with E-state index >= 15 is 0 Å². The Labute approximate surface area is 97.9 Å². The number of aryl methyl sites for hydroxylation is 1. The lowest BCUT2D eigenvalue weighted by molar-refractivity contribution is 0.210. The Morgan fingerprint density at radius 3 is 2.81 bits per heavy atom. The first-order chi connectivity index (χ1) is 7.84. The molecule has 1 aromatic heterocycles. The van der Waals surface area contributed by atoms with Crippen molar-refractivity contribution >= 4 is 0 Å². The van der Waals surface area contributed by atoms with Gasteiger partial charge in [0.1, 0.15) is 0 Å². The van der Waals surface area contributed by atoms with Gasteiger partial charge >= 0.3 is 0 Å². The van der Waals surface area contributed by atoms with Crippen LogP contribution in [0.1, 0.15) is 31.4 Å². The number of nitrogens with zero attached hydrogens (tertiary/aromatic N) is 3. The molecule has 2 heterocycles. The molecule has 1 aliphatic rings. The molecule has 0 aliphatic carbocycles. The van der Waals surface area contributed by atoms with Crippen molar-refractivity contribution in [2.75, 3.05) is 20.1 Å². The Balaban J connectivity index is 1.65. The largest absolute Gasteiger partial charge is 0.306 e. The molecule has 3 nitrogen and oxygen atoms in total. The molecule has 0 unspecified atom stereocenters. The summed E-state index contributed by atoms with van der Waals surface area (Å²) in [5, 5.41) is 0. The van der Waals surface area contributed by atoms with Gasteiger partial charge in [-0.3, -0.25) is 9.97 Å². The predicted octanol–water partition coefficient (Wildman–Crippen LogP) is 2.14. The molecule has 0 atom stereocenters. The van der Waals surface area contributed by atoms with Crippen LogP contribution in [0, 0.1) is 5.92 Å². The highest BCUT2D eigenvalue weighted by atomic mass is 15.1. The van der Waals surface area contributed by atoms with Crippen LogP contribution < -0.4 is 0 Å². The fraction of sp³-hybridized carbons (Fsp3) is 0.692. The smallest absolute Gasteiger partial charge is 0.0586 e. The molecule has 1 aromatic rings. The molecular formula is C13H21N3. The monoisotopic (exact) mass is 219 g/mol. The highest BCUT2D eigenvalue weighted by molar-refractivity contribution is 4.94. The molecule has 0 aromatic carbocycles. The van der Waals surface area contributed by atoms with Crippen LogP contribution in [-0.2, 0) is 6.42 Å². The third-order valence-electron chi connectivity index (χ3n) is 3.50. The van der Waals surface area contributed by atoms with Gasteiger partial charge in [0.2, 0.25) is 0 Å². The maximum absolute atomic E-state index is 4.30. The third kappa shape index (κ3) is 3.56. The van der Waals surface area contributed by atoms with Gasteiger partial charge in [0.25, 0.3) is 0 Å². The van der Waals surface area contributed by atoms with Crippen molar-refractivity contribution < 1.29 is 0 Å². The van der Waals surface area contributed by atoms with Crippen LogP contribution in [0.2, 0.25) is 0 Å². The minimum Gasteiger partial charge on any atom is -0.306 e. The SMILES string of the molecule is CN1CCC(CCCc2cnccn2)CC1. The molecule has 16 heavy (non-hydrogen) atoms. The van der Waals surface area contributed by atoms with Crippen molar-refractivity contribution in [2.24, 2.45) is 5.92 Å². The predicted molar refractivity (Wildman–Crippen MR) is 65.2 cm³/mol. The van der Waals surface area contributed by atoms with Gasteiger partial charge in [-0.15, -0.1) is 0 Å². The normalized spacial score (nSPS) is 18.8. The molecule has 3 heteroatoms. The highest BCUT2D eigenvalue weighted by Crippen LogP contribution is 2.21. The van der Waals surface area contributed by atoms with E-state index in [1.807, 2.05) is 6.20 Å². The van der Waals surface area contributed by atoms with Crippen molar-refractivity contribution in [3.8, 4) is 0 Å². The lowest BCUT2D eigenvalue weighted by atomic mass is 9.91. The van der Waals surface area contributed by atoms with Crippen LogP contribution in [0.15, 0.2) is 18.6 Å². The molecule has 1 saturated heterocycles. The first kappa shape index (κ1) is 11.5. The molecule has 1 aliphatic heterocycles. The average Bonchev–Trinajstić information content (AvgIpc) is 2.33. The maximum atomic E-state index is 4.30. The standard InChI is InChI=1S/C13H21N3/c1-16-9-5-12(6-10-16)3-2-4-13-11-14-7-8-15-13/h7-8,11-12H,2-6,9-10H2,1H3. The van der Waals surface area contributed by atoms with Crippen LogP contribution in [0.25, 0.3) is 0 Å². The Bertz CT molecular complexity index is 291. The quantitative estimate of drug-likeness (QED) is 0.777. The molecular weight excluding hydrogens is 198 g/mol. The van der Waals surface area contributed by atoms with E-state index in [0.717, 1.165) is 18.0 Å². The first-order valence-electron chi connectivity index (χ1n) is 6.28. The topological polar surface area (TPSA) is 29.0 Å². The molecule has 0 spiro atoms. The van der Waals surface area contributed by atoms with Crippen molar-refractivity contribution in [1.82, 2.24) is 14.9 Å². The molecule has 0 radical (unpaired) electrons. The number of piperidine rings is 1. The maximum Gasteiger partial charge on any atom is 0.0586 e. The van der Waals surface area contributed by atoms with Crippen LogP contribution >= 0.6 is 0 Å². The van der Waals surface area contributed by atoms with Gasteiger partial charge in [0.15, 0.2) is 0 Å². The van der Waals surface area contributed by atoms with E-state index in [4.69, 9.17) is 0 Å². The van der Waals surface area contributed by atoms with Crippen LogP contribution in [-0.4, -0.2) is 35.0 Å². The zero-order valence-electron chi connectivity index (χ0n) is 10.1. The second-order valence-electron chi connectivity index (χ2n) is 4.84. The van der Waals surface area contributed by atoms with E-state index in [0.29, 0.717) is 0 Å². The van der Waals surface area contributed by atoms with Crippen molar-refractivity contribution in [3.05, 3.63) is 24.3 Å². The van der Waals surface area contributed by atoms with Gasteiger partial charge in [-0.25, -0.2) is 0 Å². The van der Waals surface area contributed by atoms with Crippen LogP contribution in [0.3, 0.4) is 0 Å². The van der Waals surface area contributed by atoms with Gasteiger partial charge in [0, 0.05) is 18.6 Å². The van der Waals surface area contributed by atoms with E-state index in [9.17, 15) is 0 Å². The minimum atomic E-state index is 0.938. The van der Waals surface area contributed by atoms with E-state index < -0.39 is 0 Å². The molecule has 0 amide bonds. The van der Waals surface area contributed by atoms with Crippen molar-refractivity contribution in [1.29, 1.82) is 0 Å². The van der Waals surface area contributed by atoms with Gasteiger partial charge < -0.3 is 4.90 Å². The zero-order chi connectivity index (χ0) is 11.2. The van der Waals surface area contributed by atoms with E-state index in [2.05, 4.69) is 21.9 Å². The summed E-state index contributed by atoms with van der Waals surface area (Å²) in [6, 6.07) is 0. The second kappa shape index (κ2) is 5.94. The summed E-state index contributed by atoms with van der Waals surface area (Å²) in [5.41, 5.74) is 1.13. The Hall–Kier alpha value is -0.960. The van der Waals surface area contributed by atoms with Crippen LogP contribution in [0.4, 0.5) is 0 Å². The van der Waals surface area contributed by atoms with E-state index in [1.165, 1.54) is 38.8 Å². The van der Waals surface area contributed by atoms with E-state index in [-0.39, 0.29) is 0 Å². The minimum absolute atomic E-state index is 0.938. The van der Waals surface area contributed by atoms with Crippen LogP contribution in [0.5, 0.6) is 0 Å². The molecule has 0 N–H and O–H groups in total. The Morgan fingerprint density at radius 1 is 1.31 bits per heavy atom. The van der Waals surface area contributed by atoms with Gasteiger partial charge in [0.05, 0.1) is 5.69 Å². The Kier molecular flexibility index (Phi) is 4.28. The fourth-order valence-electron chi connectivity index (χ4n) is 2.38. The summed E-state index contributed by atoms with van der Waals surface area (Å²) in [7, 11) is 2.22. The summed E-state index contributed by atoms with van der Waals surface area (Å²) in [6.45, 7) is 2.55. The summed E-state index contributed by atoms with van der Waals surface area (Å²) in [6.07, 6.45) is 11.8. The lowest BCUT2D eigenvalue weighted by Crippen LogP contribution is -2.30. The molecule has 2 rings (SSSR count). The number of aromatic nitrogens is 2. The van der Waals surface area contributed by atoms with Gasteiger partial charge in [-0.1, -0.05) is 0 Å². The molecule has 88 valence electrons. The third-order valence-corrected chi connectivity index (χ3v) is 3.50. The first-order valence-corrected chi connectivity index (χ1v) is 6.28.